The molecular formula is C15H22N2. The summed E-state index contributed by atoms with van der Waals surface area (Å²) < 4.78 is 0. The van der Waals surface area contributed by atoms with Gasteiger partial charge in [0.05, 0.1) is 5.69 Å². The zero-order valence-electron chi connectivity index (χ0n) is 11.3. The molecule has 0 unspecified atom stereocenters. The third-order valence-electron chi connectivity index (χ3n) is 1.96. The van der Waals surface area contributed by atoms with Crippen LogP contribution in [0.5, 0.6) is 0 Å². The van der Waals surface area contributed by atoms with Crippen molar-refractivity contribution in [3.05, 3.63) is 54.7 Å². The van der Waals surface area contributed by atoms with Crippen LogP contribution in [0.3, 0.4) is 0 Å². The zero-order valence-corrected chi connectivity index (χ0v) is 11.3. The molecule has 0 aliphatic rings. The molecule has 1 rings (SSSR count). The van der Waals surface area contributed by atoms with Gasteiger partial charge in [0.1, 0.15) is 5.82 Å². The van der Waals surface area contributed by atoms with Crippen LogP contribution in [0.15, 0.2) is 43.1 Å². The average molecular weight is 230 g/mol. The fraction of sp³-hybridized carbons (Fsp3) is 0.333. The van der Waals surface area contributed by atoms with E-state index in [1.165, 1.54) is 0 Å². The van der Waals surface area contributed by atoms with Gasteiger partial charge in [-0.1, -0.05) is 51.7 Å². The summed E-state index contributed by atoms with van der Waals surface area (Å²) in [4.78, 5) is 8.62. The van der Waals surface area contributed by atoms with Gasteiger partial charge >= 0.3 is 0 Å². The minimum absolute atomic E-state index is 0.852. The van der Waals surface area contributed by atoms with E-state index in [4.69, 9.17) is 0 Å². The second-order valence-corrected chi connectivity index (χ2v) is 3.07. The normalized spacial score (nSPS) is 10.9. The quantitative estimate of drug-likeness (QED) is 0.724. The van der Waals surface area contributed by atoms with Crippen molar-refractivity contribution in [2.24, 2.45) is 0 Å². The second kappa shape index (κ2) is 9.52. The van der Waals surface area contributed by atoms with Gasteiger partial charge in [0, 0.05) is 12.6 Å². The van der Waals surface area contributed by atoms with Crippen molar-refractivity contribution in [3.63, 3.8) is 0 Å². The molecule has 17 heavy (non-hydrogen) atoms. The molecule has 0 aromatic carbocycles. The molecule has 0 amide bonds. The lowest BCUT2D eigenvalue weighted by Gasteiger charge is -2.02. The largest absolute Gasteiger partial charge is 0.241 e. The first-order chi connectivity index (χ1) is 8.31. The molecule has 1 heterocycles. The van der Waals surface area contributed by atoms with E-state index in [1.807, 2.05) is 52.0 Å². The first kappa shape index (κ1) is 15.3. The van der Waals surface area contributed by atoms with Crippen molar-refractivity contribution in [1.29, 1.82) is 0 Å². The average Bonchev–Trinajstić information content (AvgIpc) is 2.41. The van der Waals surface area contributed by atoms with Crippen LogP contribution >= 0.6 is 0 Å². The highest BCUT2D eigenvalue weighted by Crippen LogP contribution is 2.13. The molecule has 0 saturated carbocycles. The monoisotopic (exact) mass is 230 g/mol. The molecule has 2 nitrogen and oxygen atoms in total. The Morgan fingerprint density at radius 2 is 2.12 bits per heavy atom. The highest BCUT2D eigenvalue weighted by molar-refractivity contribution is 5.72. The van der Waals surface area contributed by atoms with E-state index in [0.717, 1.165) is 23.5 Å². The number of aromatic nitrogens is 2. The van der Waals surface area contributed by atoms with Gasteiger partial charge in [-0.05, 0) is 18.6 Å². The van der Waals surface area contributed by atoms with Crippen LogP contribution in [0.2, 0.25) is 0 Å². The number of allylic oxidation sites excluding steroid dienone is 5. The molecule has 0 radical (unpaired) electrons. The molecule has 0 bridgehead atoms. The molecule has 0 saturated heterocycles. The summed E-state index contributed by atoms with van der Waals surface area (Å²) in [5, 5.41) is 0. The Hall–Kier alpha value is -1.70. The van der Waals surface area contributed by atoms with Gasteiger partial charge < -0.3 is 0 Å². The molecule has 0 fully saturated rings. The molecular weight excluding hydrogens is 208 g/mol. The Morgan fingerprint density at radius 3 is 2.65 bits per heavy atom. The SMILES string of the molecule is C=C/C=C(\C=C/C)c1ccnc(CC)n1.CC. The standard InChI is InChI=1S/C13H16N2.C2H6/c1-4-7-11(8-5-2)12-9-10-14-13(6-3)15-12;1-2/h4-5,7-10H,1,6H2,2-3H3;1-2H3/b8-5-,11-7+;. The highest BCUT2D eigenvalue weighted by Gasteiger charge is 2.00. The molecule has 0 spiro atoms. The lowest BCUT2D eigenvalue weighted by atomic mass is 10.1. The van der Waals surface area contributed by atoms with Crippen LogP contribution in [0, 0.1) is 0 Å². The summed E-state index contributed by atoms with van der Waals surface area (Å²) in [5.74, 6) is 0.868. The fourth-order valence-corrected chi connectivity index (χ4v) is 1.26. The number of hydrogen-bond acceptors (Lipinski definition) is 2. The van der Waals surface area contributed by atoms with E-state index < -0.39 is 0 Å². The molecule has 0 aliphatic heterocycles. The first-order valence-electron chi connectivity index (χ1n) is 6.09. The molecule has 92 valence electrons. The summed E-state index contributed by atoms with van der Waals surface area (Å²) in [6, 6.07) is 1.91. The lowest BCUT2D eigenvalue weighted by molar-refractivity contribution is 0.931. The Kier molecular flexibility index (Phi) is 8.57. The molecule has 1 aromatic rings. The third-order valence-corrected chi connectivity index (χ3v) is 1.96. The van der Waals surface area contributed by atoms with Gasteiger partial charge in [0.15, 0.2) is 0 Å². The van der Waals surface area contributed by atoms with E-state index in [9.17, 15) is 0 Å². The van der Waals surface area contributed by atoms with Crippen LogP contribution < -0.4 is 0 Å². The van der Waals surface area contributed by atoms with Gasteiger partial charge in [0.25, 0.3) is 0 Å². The predicted octanol–water partition coefficient (Wildman–Crippen LogP) is 4.21. The molecule has 0 N–H and O–H groups in total. The highest BCUT2D eigenvalue weighted by atomic mass is 14.9. The summed E-state index contributed by atoms with van der Waals surface area (Å²) in [7, 11) is 0. The number of aryl methyl sites for hydroxylation is 1. The summed E-state index contributed by atoms with van der Waals surface area (Å²) in [5.41, 5.74) is 2.00. The third kappa shape index (κ3) is 5.25. The van der Waals surface area contributed by atoms with Gasteiger partial charge in [-0.25, -0.2) is 9.97 Å². The van der Waals surface area contributed by atoms with E-state index >= 15 is 0 Å². The maximum absolute atomic E-state index is 4.45. The summed E-state index contributed by atoms with van der Waals surface area (Å²) >= 11 is 0. The maximum atomic E-state index is 4.45. The number of hydrogen-bond donors (Lipinski definition) is 0. The molecule has 2 heteroatoms. The van der Waals surface area contributed by atoms with Crippen molar-refractivity contribution in [3.8, 4) is 0 Å². The summed E-state index contributed by atoms with van der Waals surface area (Å²) in [6.45, 7) is 11.7. The maximum Gasteiger partial charge on any atom is 0.128 e. The van der Waals surface area contributed by atoms with E-state index in [-0.39, 0.29) is 0 Å². The molecule has 0 atom stereocenters. The fourth-order valence-electron chi connectivity index (χ4n) is 1.26. The van der Waals surface area contributed by atoms with E-state index in [1.54, 1.807) is 12.3 Å². The van der Waals surface area contributed by atoms with Crippen molar-refractivity contribution >= 4 is 5.57 Å². The van der Waals surface area contributed by atoms with Crippen molar-refractivity contribution in [1.82, 2.24) is 9.97 Å². The Morgan fingerprint density at radius 1 is 1.41 bits per heavy atom. The number of nitrogens with zero attached hydrogens (tertiary/aromatic N) is 2. The Bertz CT molecular complexity index is 390. The minimum Gasteiger partial charge on any atom is -0.241 e. The topological polar surface area (TPSA) is 25.8 Å². The van der Waals surface area contributed by atoms with Crippen molar-refractivity contribution in [2.45, 2.75) is 34.1 Å². The van der Waals surface area contributed by atoms with Gasteiger partial charge in [-0.3, -0.25) is 0 Å². The number of rotatable bonds is 4. The van der Waals surface area contributed by atoms with Crippen LogP contribution in [-0.4, -0.2) is 9.97 Å². The van der Waals surface area contributed by atoms with Gasteiger partial charge in [0.2, 0.25) is 0 Å². The van der Waals surface area contributed by atoms with Gasteiger partial charge in [-0.15, -0.1) is 0 Å². The first-order valence-corrected chi connectivity index (χ1v) is 6.09. The summed E-state index contributed by atoms with van der Waals surface area (Å²) in [6.07, 6.45) is 10.4. The van der Waals surface area contributed by atoms with E-state index in [0.29, 0.717) is 0 Å². The van der Waals surface area contributed by atoms with Gasteiger partial charge in [-0.2, -0.15) is 0 Å². The van der Waals surface area contributed by atoms with Crippen LogP contribution in [0.4, 0.5) is 0 Å². The van der Waals surface area contributed by atoms with Crippen LogP contribution in [0.25, 0.3) is 5.57 Å². The lowest BCUT2D eigenvalue weighted by Crippen LogP contribution is -1.95. The zero-order chi connectivity index (χ0) is 13.1. The Balaban J connectivity index is 0.00000121. The second-order valence-electron chi connectivity index (χ2n) is 3.07. The Labute approximate surface area is 105 Å². The molecule has 0 aliphatic carbocycles. The van der Waals surface area contributed by atoms with Crippen LogP contribution in [0.1, 0.15) is 39.2 Å². The minimum atomic E-state index is 0.852. The molecule has 1 aromatic heterocycles. The van der Waals surface area contributed by atoms with Crippen molar-refractivity contribution in [2.75, 3.05) is 0 Å². The predicted molar refractivity (Wildman–Crippen MR) is 75.7 cm³/mol. The smallest absolute Gasteiger partial charge is 0.128 e. The van der Waals surface area contributed by atoms with Crippen molar-refractivity contribution < 1.29 is 0 Å². The van der Waals surface area contributed by atoms with Crippen LogP contribution in [-0.2, 0) is 6.42 Å². The van der Waals surface area contributed by atoms with E-state index in [2.05, 4.69) is 16.5 Å².